The van der Waals surface area contributed by atoms with E-state index >= 15 is 0 Å². The van der Waals surface area contributed by atoms with Gasteiger partial charge in [-0.15, -0.1) is 0 Å². The second kappa shape index (κ2) is 15.7. The molecule has 51 heavy (non-hydrogen) atoms. The van der Waals surface area contributed by atoms with Gasteiger partial charge in [0.05, 0.1) is 24.9 Å². The number of benzene rings is 1. The van der Waals surface area contributed by atoms with Crippen LogP contribution in [0, 0.1) is 31.1 Å². The van der Waals surface area contributed by atoms with Crippen molar-refractivity contribution in [3.8, 4) is 5.75 Å². The van der Waals surface area contributed by atoms with E-state index in [9.17, 15) is 24.0 Å². The van der Waals surface area contributed by atoms with E-state index in [0.29, 0.717) is 37.5 Å². The molecule has 2 aliphatic heterocycles. The number of likely N-dealkylation sites (N-methyl/N-ethyl adjacent to an activating group) is 1. The highest BCUT2D eigenvalue weighted by Gasteiger charge is 2.56. The molecule has 3 N–H and O–H groups in total. The summed E-state index contributed by atoms with van der Waals surface area (Å²) >= 11 is 0. The number of likely N-dealkylation sites (tertiary alicyclic amines) is 1. The predicted molar refractivity (Wildman–Crippen MR) is 193 cm³/mol. The molecule has 4 aliphatic rings. The highest BCUT2D eigenvalue weighted by molar-refractivity contribution is 6.38. The van der Waals surface area contributed by atoms with Crippen LogP contribution in [-0.2, 0) is 28.8 Å². The second-order valence-corrected chi connectivity index (χ2v) is 16.3. The smallest absolute Gasteiger partial charge is 0.289 e. The zero-order valence-corrected chi connectivity index (χ0v) is 31.5. The maximum absolute atomic E-state index is 14.7. The standard InChI is InChI=1S/C39H57N5O7/c1-8-50-33-23(2)16-27(17-24(33)3)29-20-39(51-43-29)21-30(35(47)41-28(18-26-14-15-26)32(46)36(48)40-7)44(22-39)37(49)34(38(4,5)6)42-31(45)19-25-12-10-9-11-13-25/h16-17,25-26,28,30,34H,8-15,18-22H2,1-7H3,(H,40,48)(H,41,47)(H,42,45)/t28-,30-,34+,39+/m0/s1. The Bertz CT molecular complexity index is 1520. The molecule has 2 heterocycles. The zero-order valence-electron chi connectivity index (χ0n) is 31.5. The SMILES string of the molecule is CCOc1c(C)cc(C2=NO[C@]3(C2)C[C@@H](C(=O)N[C@@H](CC2CC2)C(=O)C(=O)NC)N(C(=O)[C@@H](NC(=O)CC2CCCCC2)C(C)(C)C)C3)cc1C. The lowest BCUT2D eigenvalue weighted by atomic mass is 9.84. The summed E-state index contributed by atoms with van der Waals surface area (Å²) in [6, 6.07) is 1.07. The first-order valence-corrected chi connectivity index (χ1v) is 18.8. The Kier molecular flexibility index (Phi) is 11.8. The van der Waals surface area contributed by atoms with Crippen LogP contribution in [0.15, 0.2) is 17.3 Å². The van der Waals surface area contributed by atoms with Gasteiger partial charge in [-0.05, 0) is 80.5 Å². The summed E-state index contributed by atoms with van der Waals surface area (Å²) in [6.45, 7) is 12.2. The minimum Gasteiger partial charge on any atom is -0.493 e. The summed E-state index contributed by atoms with van der Waals surface area (Å²) in [6.07, 6.45) is 8.45. The average Bonchev–Trinajstić information content (AvgIpc) is 3.69. The van der Waals surface area contributed by atoms with Gasteiger partial charge in [0.15, 0.2) is 5.60 Å². The fourth-order valence-corrected chi connectivity index (χ4v) is 7.93. The molecule has 280 valence electrons. The van der Waals surface area contributed by atoms with Crippen molar-refractivity contribution in [2.24, 2.45) is 22.4 Å². The van der Waals surface area contributed by atoms with Crippen molar-refractivity contribution in [2.75, 3.05) is 20.2 Å². The van der Waals surface area contributed by atoms with Gasteiger partial charge >= 0.3 is 0 Å². The number of nitrogens with zero attached hydrogens (tertiary/aromatic N) is 2. The number of oxime groups is 1. The maximum atomic E-state index is 14.7. The third-order valence-corrected chi connectivity index (χ3v) is 10.9. The Morgan fingerprint density at radius 3 is 2.25 bits per heavy atom. The first kappa shape index (κ1) is 38.3. The summed E-state index contributed by atoms with van der Waals surface area (Å²) in [5, 5.41) is 12.8. The van der Waals surface area contributed by atoms with Gasteiger partial charge in [-0.1, -0.05) is 58.0 Å². The molecule has 4 atom stereocenters. The fraction of sp³-hybridized carbons (Fsp3) is 0.692. The molecule has 1 aromatic carbocycles. The van der Waals surface area contributed by atoms with Crippen molar-refractivity contribution >= 4 is 35.1 Å². The number of aryl methyl sites for hydroxylation is 2. The summed E-state index contributed by atoms with van der Waals surface area (Å²) in [5.41, 5.74) is 1.84. The number of amides is 4. The van der Waals surface area contributed by atoms with E-state index in [4.69, 9.17) is 9.57 Å². The molecule has 0 unspecified atom stereocenters. The van der Waals surface area contributed by atoms with E-state index in [0.717, 1.165) is 61.0 Å². The molecule has 0 radical (unpaired) electrons. The summed E-state index contributed by atoms with van der Waals surface area (Å²) in [7, 11) is 1.38. The van der Waals surface area contributed by atoms with Crippen LogP contribution in [0.4, 0.5) is 0 Å². The van der Waals surface area contributed by atoms with Crippen molar-refractivity contribution in [1.82, 2.24) is 20.9 Å². The van der Waals surface area contributed by atoms with Crippen LogP contribution in [0.5, 0.6) is 5.75 Å². The number of hydrogen-bond donors (Lipinski definition) is 3. The molecule has 12 heteroatoms. The number of rotatable bonds is 13. The molecule has 4 amide bonds. The van der Waals surface area contributed by atoms with Crippen LogP contribution < -0.4 is 20.7 Å². The summed E-state index contributed by atoms with van der Waals surface area (Å²) in [4.78, 5) is 75.5. The van der Waals surface area contributed by atoms with Crippen LogP contribution in [0.25, 0.3) is 0 Å². The van der Waals surface area contributed by atoms with E-state index in [1.165, 1.54) is 18.4 Å². The topological polar surface area (TPSA) is 156 Å². The number of nitrogens with one attached hydrogen (secondary N) is 3. The van der Waals surface area contributed by atoms with Crippen molar-refractivity contribution in [2.45, 2.75) is 136 Å². The van der Waals surface area contributed by atoms with E-state index in [-0.39, 0.29) is 24.8 Å². The lowest BCUT2D eigenvalue weighted by Crippen LogP contribution is -2.59. The first-order valence-electron chi connectivity index (χ1n) is 18.8. The van der Waals surface area contributed by atoms with E-state index in [1.807, 2.05) is 53.7 Å². The molecule has 1 spiro atoms. The molecule has 2 aliphatic carbocycles. The van der Waals surface area contributed by atoms with E-state index < -0.39 is 52.6 Å². The molecule has 2 saturated carbocycles. The van der Waals surface area contributed by atoms with Gasteiger partial charge in [0, 0.05) is 31.9 Å². The predicted octanol–water partition coefficient (Wildman–Crippen LogP) is 4.27. The molecular weight excluding hydrogens is 650 g/mol. The van der Waals surface area contributed by atoms with Crippen molar-refractivity contribution < 1.29 is 33.5 Å². The fourth-order valence-electron chi connectivity index (χ4n) is 7.93. The number of hydrogen-bond acceptors (Lipinski definition) is 8. The Balaban J connectivity index is 1.41. The van der Waals surface area contributed by atoms with Crippen molar-refractivity contribution in [3.05, 3.63) is 28.8 Å². The van der Waals surface area contributed by atoms with Gasteiger partial charge in [0.25, 0.3) is 5.91 Å². The largest absolute Gasteiger partial charge is 0.493 e. The number of ether oxygens (including phenoxy) is 1. The van der Waals surface area contributed by atoms with Crippen molar-refractivity contribution in [1.29, 1.82) is 0 Å². The number of carbonyl (C=O) groups is 5. The lowest BCUT2D eigenvalue weighted by Gasteiger charge is -2.36. The highest BCUT2D eigenvalue weighted by Crippen LogP contribution is 2.41. The third-order valence-electron chi connectivity index (χ3n) is 10.9. The quantitative estimate of drug-likeness (QED) is 0.259. The molecule has 12 nitrogen and oxygen atoms in total. The van der Waals surface area contributed by atoms with E-state index in [1.54, 1.807) is 0 Å². The molecule has 1 aromatic rings. The van der Waals surface area contributed by atoms with Gasteiger partial charge in [-0.3, -0.25) is 24.0 Å². The maximum Gasteiger partial charge on any atom is 0.289 e. The minimum absolute atomic E-state index is 0.0632. The van der Waals surface area contributed by atoms with E-state index in [2.05, 4.69) is 21.1 Å². The summed E-state index contributed by atoms with van der Waals surface area (Å²) in [5.74, 6) is -1.21. The Labute approximate surface area is 302 Å². The van der Waals surface area contributed by atoms with Crippen molar-refractivity contribution in [3.63, 3.8) is 0 Å². The van der Waals surface area contributed by atoms with Gasteiger partial charge in [-0.2, -0.15) is 0 Å². The Morgan fingerprint density at radius 2 is 1.67 bits per heavy atom. The normalized spacial score (nSPS) is 23.2. The van der Waals surface area contributed by atoms with Crippen LogP contribution in [0.2, 0.25) is 0 Å². The zero-order chi connectivity index (χ0) is 37.1. The van der Waals surface area contributed by atoms with Gasteiger partial charge in [-0.25, -0.2) is 0 Å². The van der Waals surface area contributed by atoms with Gasteiger partial charge in [0.2, 0.25) is 23.5 Å². The lowest BCUT2D eigenvalue weighted by molar-refractivity contribution is -0.145. The number of Topliss-reactive ketones (excluding diaryl/α,β-unsaturated/α-hetero) is 1. The van der Waals surface area contributed by atoms with Crippen LogP contribution in [0.3, 0.4) is 0 Å². The first-order chi connectivity index (χ1) is 24.1. The number of carbonyl (C=O) groups excluding carboxylic acids is 5. The molecule has 1 saturated heterocycles. The van der Waals surface area contributed by atoms with Crippen LogP contribution in [0.1, 0.15) is 115 Å². The monoisotopic (exact) mass is 707 g/mol. The Hall–Kier alpha value is -3.96. The highest BCUT2D eigenvalue weighted by atomic mass is 16.7. The van der Waals surface area contributed by atoms with Crippen LogP contribution >= 0.6 is 0 Å². The minimum atomic E-state index is -1.02. The average molecular weight is 708 g/mol. The summed E-state index contributed by atoms with van der Waals surface area (Å²) < 4.78 is 5.84. The Morgan fingerprint density at radius 1 is 1.00 bits per heavy atom. The molecule has 0 aromatic heterocycles. The van der Waals surface area contributed by atoms with Gasteiger partial charge in [0.1, 0.15) is 17.8 Å². The van der Waals surface area contributed by atoms with Gasteiger partial charge < -0.3 is 30.4 Å². The second-order valence-electron chi connectivity index (χ2n) is 16.3. The molecule has 5 rings (SSSR count). The molecule has 0 bridgehead atoms. The third kappa shape index (κ3) is 9.10. The molecular formula is C39H57N5O7. The number of ketones is 1. The molecule has 3 fully saturated rings. The van der Waals surface area contributed by atoms with Crippen LogP contribution in [-0.4, -0.2) is 83.9 Å².